The van der Waals surface area contributed by atoms with Gasteiger partial charge in [-0.3, -0.25) is 9.59 Å². The summed E-state index contributed by atoms with van der Waals surface area (Å²) in [5, 5.41) is 0. The first kappa shape index (κ1) is 20.6. The number of Topliss-reactive ketones (excluding diaryl/α,β-unsaturated/α-hetero) is 1. The number of ketones is 1. The minimum absolute atomic E-state index is 0.0453. The van der Waals surface area contributed by atoms with Crippen LogP contribution in [-0.4, -0.2) is 17.4 Å². The molecule has 0 saturated heterocycles. The number of carbonyl (C=O) groups excluding carboxylic acids is 2. The Labute approximate surface area is 173 Å². The minimum Gasteiger partial charge on any atom is -0.398 e. The molecular formula is C21H16BrF2N3O2. The molecule has 0 aliphatic heterocycles. The Morgan fingerprint density at radius 3 is 2.28 bits per heavy atom. The topological polar surface area (TPSA) is 98.5 Å². The molecule has 0 heterocycles. The van der Waals surface area contributed by atoms with Crippen LogP contribution < -0.4 is 11.5 Å². The summed E-state index contributed by atoms with van der Waals surface area (Å²) in [7, 11) is 0. The quantitative estimate of drug-likeness (QED) is 0.681. The zero-order valence-corrected chi connectivity index (χ0v) is 16.7. The number of carbonyl (C=O) groups is 2. The highest BCUT2D eigenvalue weighted by atomic mass is 79.9. The first-order valence-electron chi connectivity index (χ1n) is 8.57. The van der Waals surface area contributed by atoms with E-state index in [-0.39, 0.29) is 35.6 Å². The van der Waals surface area contributed by atoms with Crippen LogP contribution in [0.4, 0.5) is 14.5 Å². The van der Waals surface area contributed by atoms with Crippen molar-refractivity contribution in [3.05, 3.63) is 81.4 Å². The van der Waals surface area contributed by atoms with E-state index in [2.05, 4.69) is 20.9 Å². The molecule has 0 unspecified atom stereocenters. The molecular weight excluding hydrogens is 444 g/mol. The number of rotatable bonds is 4. The van der Waals surface area contributed by atoms with E-state index in [9.17, 15) is 18.4 Å². The molecule has 0 atom stereocenters. The van der Waals surface area contributed by atoms with Gasteiger partial charge in [-0.1, -0.05) is 36.4 Å². The number of nitrogens with zero attached hydrogens (tertiary/aromatic N) is 1. The number of halogens is 3. The molecule has 29 heavy (non-hydrogen) atoms. The number of aliphatic imine (C=N–C) groups is 1. The highest BCUT2D eigenvalue weighted by Crippen LogP contribution is 2.31. The van der Waals surface area contributed by atoms with Gasteiger partial charge in [-0.2, -0.15) is 0 Å². The molecule has 8 heteroatoms. The molecule has 0 fully saturated rings. The lowest BCUT2D eigenvalue weighted by molar-refractivity contribution is -0.117. The maximum absolute atomic E-state index is 14.1. The van der Waals surface area contributed by atoms with Crippen LogP contribution in [-0.2, 0) is 16.0 Å². The fourth-order valence-corrected chi connectivity index (χ4v) is 3.32. The zero-order chi connectivity index (χ0) is 21.1. The molecule has 0 saturated carbocycles. The van der Waals surface area contributed by atoms with Gasteiger partial charge in [0.1, 0.15) is 5.69 Å². The van der Waals surface area contributed by atoms with Gasteiger partial charge in [0.05, 0.1) is 23.4 Å². The number of primary amides is 1. The lowest BCUT2D eigenvalue weighted by atomic mass is 9.92. The molecule has 2 aromatic carbocycles. The molecule has 0 bridgehead atoms. The van der Waals surface area contributed by atoms with Crippen molar-refractivity contribution in [2.45, 2.75) is 12.8 Å². The third-order valence-electron chi connectivity index (χ3n) is 4.28. The minimum atomic E-state index is -0.857. The molecule has 3 rings (SSSR count). The van der Waals surface area contributed by atoms with Crippen molar-refractivity contribution in [1.29, 1.82) is 0 Å². The second-order valence-corrected chi connectivity index (χ2v) is 7.19. The Morgan fingerprint density at radius 2 is 1.69 bits per heavy atom. The molecule has 1 aliphatic carbocycles. The summed E-state index contributed by atoms with van der Waals surface area (Å²) in [5.41, 5.74) is 12.3. The van der Waals surface area contributed by atoms with E-state index in [1.165, 1.54) is 6.07 Å². The van der Waals surface area contributed by atoms with Crippen molar-refractivity contribution in [2.75, 3.05) is 0 Å². The number of amides is 1. The van der Waals surface area contributed by atoms with Gasteiger partial charge in [-0.05, 0) is 39.2 Å². The summed E-state index contributed by atoms with van der Waals surface area (Å²) < 4.78 is 28.6. The Bertz CT molecular complexity index is 1070. The average molecular weight is 460 g/mol. The number of hydrogen-bond acceptors (Lipinski definition) is 4. The van der Waals surface area contributed by atoms with E-state index in [0.29, 0.717) is 15.6 Å². The van der Waals surface area contributed by atoms with Crippen LogP contribution in [0.5, 0.6) is 0 Å². The monoisotopic (exact) mass is 459 g/mol. The van der Waals surface area contributed by atoms with Crippen molar-refractivity contribution in [2.24, 2.45) is 16.5 Å². The highest BCUT2D eigenvalue weighted by Gasteiger charge is 2.27. The van der Waals surface area contributed by atoms with Crippen molar-refractivity contribution in [3.63, 3.8) is 0 Å². The largest absolute Gasteiger partial charge is 0.398 e. The molecule has 148 valence electrons. The molecule has 1 amide bonds. The van der Waals surface area contributed by atoms with E-state index in [0.717, 1.165) is 12.1 Å². The second-order valence-electron chi connectivity index (χ2n) is 6.34. The summed E-state index contributed by atoms with van der Waals surface area (Å²) >= 11 is 3.30. The van der Waals surface area contributed by atoms with Crippen molar-refractivity contribution in [3.8, 4) is 0 Å². The molecule has 0 radical (unpaired) electrons. The molecule has 0 spiro atoms. The third kappa shape index (κ3) is 4.48. The van der Waals surface area contributed by atoms with Gasteiger partial charge >= 0.3 is 0 Å². The molecule has 0 aromatic heterocycles. The highest BCUT2D eigenvalue weighted by molar-refractivity contribution is 9.12. The van der Waals surface area contributed by atoms with Crippen molar-refractivity contribution in [1.82, 2.24) is 0 Å². The number of para-hydroxylation sites is 1. The van der Waals surface area contributed by atoms with Crippen LogP contribution in [0.25, 0.3) is 5.70 Å². The van der Waals surface area contributed by atoms with E-state index in [4.69, 9.17) is 11.5 Å². The predicted octanol–water partition coefficient (Wildman–Crippen LogP) is 3.69. The predicted molar refractivity (Wildman–Crippen MR) is 111 cm³/mol. The number of benzene rings is 2. The first-order chi connectivity index (χ1) is 13.8. The van der Waals surface area contributed by atoms with Crippen LogP contribution in [0, 0.1) is 11.6 Å². The van der Waals surface area contributed by atoms with Crippen LogP contribution in [0.3, 0.4) is 0 Å². The van der Waals surface area contributed by atoms with E-state index >= 15 is 0 Å². The van der Waals surface area contributed by atoms with E-state index in [1.54, 1.807) is 30.3 Å². The summed E-state index contributed by atoms with van der Waals surface area (Å²) in [6.07, 6.45) is 1.70. The summed E-state index contributed by atoms with van der Waals surface area (Å²) in [6, 6.07) is 9.99. The third-order valence-corrected chi connectivity index (χ3v) is 4.98. The average Bonchev–Trinajstić information content (AvgIpc) is 2.67. The molecule has 4 N–H and O–H groups in total. The van der Waals surface area contributed by atoms with Gasteiger partial charge in [0.25, 0.3) is 0 Å². The number of nitrogens with two attached hydrogens (primary N) is 2. The summed E-state index contributed by atoms with van der Waals surface area (Å²) in [6.45, 7) is 0. The fourth-order valence-electron chi connectivity index (χ4n) is 2.87. The van der Waals surface area contributed by atoms with Gasteiger partial charge in [0, 0.05) is 10.9 Å². The molecule has 5 nitrogen and oxygen atoms in total. The van der Waals surface area contributed by atoms with Gasteiger partial charge < -0.3 is 11.5 Å². The lowest BCUT2D eigenvalue weighted by Gasteiger charge is -2.18. The van der Waals surface area contributed by atoms with Crippen LogP contribution in [0.2, 0.25) is 0 Å². The smallest absolute Gasteiger partial charge is 0.221 e. The van der Waals surface area contributed by atoms with E-state index < -0.39 is 23.2 Å². The van der Waals surface area contributed by atoms with Crippen LogP contribution in [0.15, 0.2) is 63.6 Å². The zero-order valence-electron chi connectivity index (χ0n) is 15.1. The lowest BCUT2D eigenvalue weighted by Crippen LogP contribution is -2.22. The maximum Gasteiger partial charge on any atom is 0.221 e. The Hall–Kier alpha value is -3.13. The first-order valence-corrected chi connectivity index (χ1v) is 9.37. The Kier molecular flexibility index (Phi) is 6.03. The van der Waals surface area contributed by atoms with Gasteiger partial charge in [0.15, 0.2) is 17.4 Å². The fraction of sp³-hybridized carbons (Fsp3) is 0.0952. The van der Waals surface area contributed by atoms with Gasteiger partial charge in [-0.25, -0.2) is 13.8 Å². The maximum atomic E-state index is 14.1. The molecule has 2 aromatic rings. The van der Waals surface area contributed by atoms with Crippen molar-refractivity contribution >= 4 is 44.7 Å². The summed E-state index contributed by atoms with van der Waals surface area (Å²) in [5.74, 6) is -2.52. The number of hydrogen-bond donors (Lipinski definition) is 2. The molecule has 1 aliphatic rings. The van der Waals surface area contributed by atoms with Crippen LogP contribution in [0.1, 0.15) is 17.5 Å². The van der Waals surface area contributed by atoms with E-state index in [1.807, 2.05) is 0 Å². The van der Waals surface area contributed by atoms with Crippen molar-refractivity contribution < 1.29 is 18.4 Å². The summed E-state index contributed by atoms with van der Waals surface area (Å²) in [4.78, 5) is 27.7. The Balaban J connectivity index is 2.13. The Morgan fingerprint density at radius 1 is 1.07 bits per heavy atom. The van der Waals surface area contributed by atoms with Crippen LogP contribution >= 0.6 is 15.9 Å². The SMILES string of the molecule is NC(=O)Cc1ccc(C(N)=C2C(=O)CC=C(Br)C2=Nc2c(F)cccc2F)cc1. The second kappa shape index (κ2) is 8.48. The van der Waals surface area contributed by atoms with Gasteiger partial charge in [0.2, 0.25) is 5.91 Å². The standard InChI is InChI=1S/C21H16BrF2N3O2/c22-13-8-9-16(28)18(20(13)27-21-14(23)2-1-3-15(21)24)19(26)12-6-4-11(5-7-12)10-17(25)29/h1-8H,9-10,26H2,(H2,25,29). The number of allylic oxidation sites excluding steroid dienone is 3. The normalized spacial score (nSPS) is 17.3. The van der Waals surface area contributed by atoms with Gasteiger partial charge in [-0.15, -0.1) is 0 Å².